The summed E-state index contributed by atoms with van der Waals surface area (Å²) in [5, 5.41) is 4.65. The Morgan fingerprint density at radius 1 is 1.31 bits per heavy atom. The number of nitrogens with zero attached hydrogens (tertiary/aromatic N) is 2. The SMILES string of the molecule is CC[C@@]1(OC(C)=O)C(=O)OCc2c1cc1n(c2=O)Cc2c-1nc1cccc([As])c1c2NCCC(C)C. The third kappa shape index (κ3) is 3.74. The molecule has 0 amide bonds. The van der Waals surface area contributed by atoms with Gasteiger partial charge < -0.3 is 0 Å². The zero-order chi connectivity index (χ0) is 25.8. The molecule has 0 unspecified atom stereocenters. The van der Waals surface area contributed by atoms with Crippen LogP contribution in [-0.4, -0.2) is 44.9 Å². The molecular weight excluding hydrogens is 521 g/mol. The average molecular weight is 549 g/mol. The summed E-state index contributed by atoms with van der Waals surface area (Å²) in [7, 11) is 0. The molecule has 9 heteroatoms. The molecule has 1 N–H and O–H groups in total. The van der Waals surface area contributed by atoms with Crippen molar-refractivity contribution in [3.8, 4) is 11.4 Å². The first-order valence-corrected chi connectivity index (χ1v) is 13.1. The Bertz CT molecular complexity index is 1480. The van der Waals surface area contributed by atoms with Gasteiger partial charge in [0.2, 0.25) is 0 Å². The van der Waals surface area contributed by atoms with Gasteiger partial charge >= 0.3 is 218 Å². The van der Waals surface area contributed by atoms with Crippen LogP contribution in [0.25, 0.3) is 22.3 Å². The fourth-order valence-corrected chi connectivity index (χ4v) is 5.85. The molecule has 2 aliphatic heterocycles. The van der Waals surface area contributed by atoms with E-state index < -0.39 is 17.5 Å². The molecular formula is C27H28AsN3O5. The Morgan fingerprint density at radius 3 is 2.78 bits per heavy atom. The number of hydrogen-bond acceptors (Lipinski definition) is 7. The summed E-state index contributed by atoms with van der Waals surface area (Å²) < 4.78 is 13.6. The van der Waals surface area contributed by atoms with Gasteiger partial charge in [-0.25, -0.2) is 0 Å². The number of carbonyl (C=O) groups excluding carboxylic acids is 2. The van der Waals surface area contributed by atoms with Crippen LogP contribution in [0, 0.1) is 5.92 Å². The zero-order valence-corrected chi connectivity index (χ0v) is 22.7. The molecule has 0 bridgehead atoms. The fourth-order valence-electron chi connectivity index (χ4n) is 5.20. The fraction of sp³-hybridized carbons (Fsp3) is 0.407. The van der Waals surface area contributed by atoms with Gasteiger partial charge in [-0.15, -0.1) is 0 Å². The number of anilines is 1. The van der Waals surface area contributed by atoms with Gasteiger partial charge in [-0.05, 0) is 0 Å². The van der Waals surface area contributed by atoms with Gasteiger partial charge in [-0.1, -0.05) is 0 Å². The van der Waals surface area contributed by atoms with Crippen molar-refractivity contribution in [2.24, 2.45) is 5.92 Å². The first-order chi connectivity index (χ1) is 17.2. The molecule has 0 saturated heterocycles. The van der Waals surface area contributed by atoms with Gasteiger partial charge in [-0.3, -0.25) is 0 Å². The van der Waals surface area contributed by atoms with Gasteiger partial charge in [0.15, 0.2) is 0 Å². The number of aromatic nitrogens is 2. The maximum absolute atomic E-state index is 13.7. The van der Waals surface area contributed by atoms with Gasteiger partial charge in [0.05, 0.1) is 0 Å². The Labute approximate surface area is 217 Å². The van der Waals surface area contributed by atoms with Crippen LogP contribution in [0.1, 0.15) is 57.2 Å². The molecule has 2 radical (unpaired) electrons. The second-order valence-corrected chi connectivity index (χ2v) is 10.8. The first-order valence-electron chi connectivity index (χ1n) is 12.2. The van der Waals surface area contributed by atoms with Crippen LogP contribution in [0.2, 0.25) is 0 Å². The molecule has 0 aliphatic carbocycles. The van der Waals surface area contributed by atoms with Crippen molar-refractivity contribution in [1.29, 1.82) is 0 Å². The van der Waals surface area contributed by atoms with Crippen molar-refractivity contribution in [2.45, 2.75) is 59.3 Å². The topological polar surface area (TPSA) is 99.5 Å². The summed E-state index contributed by atoms with van der Waals surface area (Å²) in [6.07, 6.45) is 1.15. The number of cyclic esters (lactones) is 1. The number of ether oxygens (including phenoxy) is 2. The Balaban J connectivity index is 1.75. The van der Waals surface area contributed by atoms with Crippen molar-refractivity contribution in [1.82, 2.24) is 9.55 Å². The summed E-state index contributed by atoms with van der Waals surface area (Å²) in [4.78, 5) is 43.6. The van der Waals surface area contributed by atoms with Crippen molar-refractivity contribution in [2.75, 3.05) is 11.9 Å². The monoisotopic (exact) mass is 549 g/mol. The van der Waals surface area contributed by atoms with E-state index in [-0.39, 0.29) is 18.6 Å². The molecule has 0 spiro atoms. The number of rotatable bonds is 6. The molecule has 0 saturated carbocycles. The van der Waals surface area contributed by atoms with Crippen LogP contribution in [0.3, 0.4) is 0 Å². The van der Waals surface area contributed by atoms with Gasteiger partial charge in [0, 0.05) is 0 Å². The second-order valence-electron chi connectivity index (χ2n) is 9.76. The maximum atomic E-state index is 13.7. The molecule has 8 nitrogen and oxygen atoms in total. The van der Waals surface area contributed by atoms with Crippen molar-refractivity contribution < 1.29 is 19.1 Å². The van der Waals surface area contributed by atoms with Crippen molar-refractivity contribution in [3.05, 3.63) is 51.3 Å². The number of esters is 2. The Hall–Kier alpha value is -3.12. The van der Waals surface area contributed by atoms with E-state index >= 15 is 0 Å². The van der Waals surface area contributed by atoms with E-state index in [4.69, 9.17) is 14.5 Å². The van der Waals surface area contributed by atoms with Gasteiger partial charge in [-0.2, -0.15) is 0 Å². The van der Waals surface area contributed by atoms with E-state index in [0.717, 1.165) is 39.5 Å². The van der Waals surface area contributed by atoms with Crippen LogP contribution in [-0.2, 0) is 37.8 Å². The minimum absolute atomic E-state index is 0.151. The summed E-state index contributed by atoms with van der Waals surface area (Å²) in [6, 6.07) is 7.75. The van der Waals surface area contributed by atoms with E-state index in [1.54, 1.807) is 17.6 Å². The van der Waals surface area contributed by atoms with Crippen LogP contribution < -0.4 is 15.2 Å². The van der Waals surface area contributed by atoms with Crippen molar-refractivity contribution in [3.63, 3.8) is 0 Å². The third-order valence-electron chi connectivity index (χ3n) is 7.00. The number of fused-ring (bicyclic) bond motifs is 5. The van der Waals surface area contributed by atoms with Gasteiger partial charge in [0.1, 0.15) is 0 Å². The molecule has 36 heavy (non-hydrogen) atoms. The average Bonchev–Trinajstić information content (AvgIpc) is 3.19. The Kier molecular flexibility index (Phi) is 6.19. The summed E-state index contributed by atoms with van der Waals surface area (Å²) >= 11 is 2.60. The van der Waals surface area contributed by atoms with Crippen LogP contribution >= 0.6 is 0 Å². The molecule has 3 aromatic rings. The molecule has 5 rings (SSSR count). The number of hydrogen-bond donors (Lipinski definition) is 1. The molecule has 1 atom stereocenters. The summed E-state index contributed by atoms with van der Waals surface area (Å²) in [6.45, 7) is 8.35. The standard InChI is InChI=1S/C27H28AsN3O5/c1-5-27(36-15(4)32)18-11-21-23-16(12-31(21)25(33)17(18)13-35-26(27)34)24(29-10-9-14(2)3)22-19(28)7-6-8-20(22)30-23/h6-8,11,14H,5,9-10,12-13H2,1-4H3,(H,29,30)/t27-/m0/s1. The van der Waals surface area contributed by atoms with E-state index in [9.17, 15) is 14.4 Å². The molecule has 0 fully saturated rings. The number of pyridine rings is 2. The Morgan fingerprint density at radius 2 is 2.08 bits per heavy atom. The second kappa shape index (κ2) is 9.07. The molecule has 4 heterocycles. The normalized spacial score (nSPS) is 18.0. The van der Waals surface area contributed by atoms with E-state index in [0.29, 0.717) is 35.0 Å². The van der Waals surface area contributed by atoms with Crippen molar-refractivity contribution >= 4 is 49.7 Å². The van der Waals surface area contributed by atoms with Crippen LogP contribution in [0.15, 0.2) is 29.1 Å². The molecule has 2 aliphatic rings. The number of nitrogens with one attached hydrogen (secondary N) is 1. The van der Waals surface area contributed by atoms with Crippen LogP contribution in [0.5, 0.6) is 0 Å². The van der Waals surface area contributed by atoms with E-state index in [1.807, 2.05) is 18.2 Å². The quantitative estimate of drug-likeness (QED) is 0.292. The van der Waals surface area contributed by atoms with Crippen LogP contribution in [0.4, 0.5) is 5.69 Å². The first kappa shape index (κ1) is 24.6. The third-order valence-corrected chi connectivity index (χ3v) is 7.78. The summed E-state index contributed by atoms with van der Waals surface area (Å²) in [5.41, 5.74) is 2.84. The predicted octanol–water partition coefficient (Wildman–Crippen LogP) is 2.90. The molecule has 186 valence electrons. The van der Waals surface area contributed by atoms with E-state index in [2.05, 4.69) is 36.0 Å². The predicted molar refractivity (Wildman–Crippen MR) is 137 cm³/mol. The molecule has 2 aromatic heterocycles. The van der Waals surface area contributed by atoms with Gasteiger partial charge in [0.25, 0.3) is 0 Å². The van der Waals surface area contributed by atoms with E-state index in [1.165, 1.54) is 6.92 Å². The summed E-state index contributed by atoms with van der Waals surface area (Å²) in [5.74, 6) is -0.730. The minimum atomic E-state index is -1.65. The number of carbonyl (C=O) groups is 2. The molecule has 1 aromatic carbocycles. The zero-order valence-electron chi connectivity index (χ0n) is 20.8. The number of benzene rings is 1.